The van der Waals surface area contributed by atoms with Gasteiger partial charge in [0.05, 0.1) is 6.54 Å². The van der Waals surface area contributed by atoms with Gasteiger partial charge in [0.25, 0.3) is 5.91 Å². The van der Waals surface area contributed by atoms with Crippen molar-refractivity contribution in [3.8, 4) is 0 Å². The van der Waals surface area contributed by atoms with E-state index in [9.17, 15) is 9.18 Å². The maximum Gasteiger partial charge on any atom is 0.286 e. The van der Waals surface area contributed by atoms with Gasteiger partial charge in [-0.25, -0.2) is 4.39 Å². The monoisotopic (exact) mass is 334 g/mol. The van der Waals surface area contributed by atoms with Gasteiger partial charge >= 0.3 is 0 Å². The van der Waals surface area contributed by atoms with Crippen LogP contribution in [0.1, 0.15) is 40.5 Å². The summed E-state index contributed by atoms with van der Waals surface area (Å²) in [4.78, 5) is 14.5. The first-order chi connectivity index (χ1) is 11.2. The molecule has 2 heterocycles. The average Bonchev–Trinajstić information content (AvgIpc) is 2.86. The first kappa shape index (κ1) is 16.0. The van der Waals surface area contributed by atoms with Gasteiger partial charge in [-0.3, -0.25) is 9.69 Å². The van der Waals surface area contributed by atoms with Crippen molar-refractivity contribution in [2.75, 3.05) is 18.4 Å². The quantitative estimate of drug-likeness (QED) is 0.932. The summed E-state index contributed by atoms with van der Waals surface area (Å²) < 4.78 is 12.9. The largest absolute Gasteiger partial charge is 0.320 e. The first-order valence-corrected chi connectivity index (χ1v) is 8.64. The van der Waals surface area contributed by atoms with Gasteiger partial charge in [0.2, 0.25) is 5.01 Å². The molecule has 0 saturated carbocycles. The lowest BCUT2D eigenvalue weighted by Crippen LogP contribution is -2.23. The molecule has 0 bridgehead atoms. The molecular weight excluding hydrogens is 315 g/mol. The Morgan fingerprint density at radius 3 is 2.52 bits per heavy atom. The van der Waals surface area contributed by atoms with Crippen LogP contribution in [-0.2, 0) is 6.54 Å². The van der Waals surface area contributed by atoms with Crippen LogP contribution in [0.3, 0.4) is 0 Å². The van der Waals surface area contributed by atoms with Crippen molar-refractivity contribution in [1.29, 1.82) is 0 Å². The Balaban J connectivity index is 1.59. The zero-order valence-corrected chi connectivity index (χ0v) is 13.6. The van der Waals surface area contributed by atoms with E-state index in [1.54, 1.807) is 0 Å². The van der Waals surface area contributed by atoms with Crippen molar-refractivity contribution in [2.24, 2.45) is 0 Å². The van der Waals surface area contributed by atoms with Gasteiger partial charge in [-0.05, 0) is 50.2 Å². The smallest absolute Gasteiger partial charge is 0.286 e. The molecule has 1 aromatic heterocycles. The molecule has 1 N–H and O–H groups in total. The average molecular weight is 334 g/mol. The highest BCUT2D eigenvalue weighted by Crippen LogP contribution is 2.17. The predicted octanol–water partition coefficient (Wildman–Crippen LogP) is 3.31. The van der Waals surface area contributed by atoms with E-state index in [-0.39, 0.29) is 11.7 Å². The molecule has 1 aliphatic heterocycles. The van der Waals surface area contributed by atoms with Gasteiger partial charge in [-0.1, -0.05) is 24.2 Å². The summed E-state index contributed by atoms with van der Waals surface area (Å²) in [5.41, 5.74) is 0.542. The molecule has 7 heteroatoms. The van der Waals surface area contributed by atoms with Crippen LogP contribution in [0.25, 0.3) is 0 Å². The van der Waals surface area contributed by atoms with Crippen LogP contribution >= 0.6 is 11.3 Å². The zero-order valence-electron chi connectivity index (χ0n) is 12.8. The number of carbonyl (C=O) groups is 1. The molecule has 122 valence electrons. The van der Waals surface area contributed by atoms with Crippen molar-refractivity contribution in [2.45, 2.75) is 32.2 Å². The summed E-state index contributed by atoms with van der Waals surface area (Å²) in [6.07, 6.45) is 5.02. The molecule has 1 aliphatic rings. The number of amides is 1. The number of rotatable bonds is 4. The summed E-state index contributed by atoms with van der Waals surface area (Å²) in [7, 11) is 0. The van der Waals surface area contributed by atoms with E-state index in [4.69, 9.17) is 0 Å². The third kappa shape index (κ3) is 4.56. The predicted molar refractivity (Wildman–Crippen MR) is 88.0 cm³/mol. The number of nitrogens with one attached hydrogen (secondary N) is 1. The van der Waals surface area contributed by atoms with E-state index in [1.165, 1.54) is 61.3 Å². The highest BCUT2D eigenvalue weighted by atomic mass is 32.1. The van der Waals surface area contributed by atoms with Crippen LogP contribution < -0.4 is 5.32 Å². The number of likely N-dealkylation sites (tertiary alicyclic amines) is 1. The second-order valence-corrected chi connectivity index (χ2v) is 6.71. The van der Waals surface area contributed by atoms with Crippen molar-refractivity contribution in [1.82, 2.24) is 15.1 Å². The Morgan fingerprint density at radius 1 is 1.13 bits per heavy atom. The number of halogens is 1. The lowest BCUT2D eigenvalue weighted by atomic mass is 10.2. The molecule has 5 nitrogen and oxygen atoms in total. The molecular formula is C16H19FN4OS. The summed E-state index contributed by atoms with van der Waals surface area (Å²) in [5, 5.41) is 12.0. The van der Waals surface area contributed by atoms with Crippen LogP contribution in [0.15, 0.2) is 24.3 Å². The van der Waals surface area contributed by atoms with Gasteiger partial charge in [0.15, 0.2) is 0 Å². The Morgan fingerprint density at radius 2 is 1.83 bits per heavy atom. The van der Waals surface area contributed by atoms with Gasteiger partial charge in [-0.2, -0.15) is 0 Å². The van der Waals surface area contributed by atoms with Crippen LogP contribution in [0.4, 0.5) is 10.1 Å². The lowest BCUT2D eigenvalue weighted by molar-refractivity contribution is 0.102. The molecule has 1 saturated heterocycles. The SMILES string of the molecule is O=C(Nc1ccc(F)cc1)c1nnc(CN2CCCCCC2)s1. The molecule has 0 spiro atoms. The number of hydrogen-bond donors (Lipinski definition) is 1. The fourth-order valence-corrected chi connectivity index (χ4v) is 3.39. The van der Waals surface area contributed by atoms with E-state index in [0.29, 0.717) is 10.7 Å². The van der Waals surface area contributed by atoms with Gasteiger partial charge in [0, 0.05) is 5.69 Å². The Labute approximate surface area is 138 Å². The lowest BCUT2D eigenvalue weighted by Gasteiger charge is -2.17. The Kier molecular flexibility index (Phi) is 5.30. The number of carbonyl (C=O) groups excluding carboxylic acids is 1. The van der Waals surface area contributed by atoms with Crippen LogP contribution in [0.2, 0.25) is 0 Å². The van der Waals surface area contributed by atoms with E-state index >= 15 is 0 Å². The van der Waals surface area contributed by atoms with Crippen molar-refractivity contribution in [3.63, 3.8) is 0 Å². The third-order valence-corrected chi connectivity index (χ3v) is 4.73. The summed E-state index contributed by atoms with van der Waals surface area (Å²) in [6.45, 7) is 2.91. The Bertz CT molecular complexity index is 650. The standard InChI is InChI=1S/C16H19FN4OS/c17-12-5-7-13(8-6-12)18-15(22)16-20-19-14(23-16)11-21-9-3-1-2-4-10-21/h5-8H,1-4,9-11H2,(H,18,22). The van der Waals surface area contributed by atoms with Gasteiger partial charge in [0.1, 0.15) is 10.8 Å². The van der Waals surface area contributed by atoms with Crippen LogP contribution in [0.5, 0.6) is 0 Å². The molecule has 0 atom stereocenters. The van der Waals surface area contributed by atoms with Crippen LogP contribution in [-0.4, -0.2) is 34.1 Å². The molecule has 1 amide bonds. The van der Waals surface area contributed by atoms with E-state index in [1.807, 2.05) is 0 Å². The fraction of sp³-hybridized carbons (Fsp3) is 0.438. The minimum absolute atomic E-state index is 0.309. The molecule has 0 radical (unpaired) electrons. The molecule has 2 aromatic rings. The molecule has 3 rings (SSSR count). The van der Waals surface area contributed by atoms with Crippen molar-refractivity contribution < 1.29 is 9.18 Å². The summed E-state index contributed by atoms with van der Waals surface area (Å²) in [6, 6.07) is 5.65. The zero-order chi connectivity index (χ0) is 16.1. The number of aromatic nitrogens is 2. The minimum Gasteiger partial charge on any atom is -0.320 e. The molecule has 0 unspecified atom stereocenters. The molecule has 1 aromatic carbocycles. The number of benzene rings is 1. The minimum atomic E-state index is -0.335. The van der Waals surface area contributed by atoms with Gasteiger partial charge < -0.3 is 5.32 Å². The fourth-order valence-electron chi connectivity index (χ4n) is 2.61. The maximum atomic E-state index is 12.9. The van der Waals surface area contributed by atoms with E-state index in [0.717, 1.165) is 24.6 Å². The summed E-state index contributed by atoms with van der Waals surface area (Å²) >= 11 is 1.31. The second kappa shape index (κ2) is 7.61. The number of hydrogen-bond acceptors (Lipinski definition) is 5. The number of nitrogens with zero attached hydrogens (tertiary/aromatic N) is 3. The van der Waals surface area contributed by atoms with E-state index in [2.05, 4.69) is 20.4 Å². The highest BCUT2D eigenvalue weighted by molar-refractivity contribution is 7.13. The molecule has 1 fully saturated rings. The van der Waals surface area contributed by atoms with Crippen molar-refractivity contribution >= 4 is 22.9 Å². The molecule has 0 aliphatic carbocycles. The molecule has 23 heavy (non-hydrogen) atoms. The third-order valence-electron chi connectivity index (χ3n) is 3.82. The van der Waals surface area contributed by atoms with Gasteiger partial charge in [-0.15, -0.1) is 10.2 Å². The normalized spacial score (nSPS) is 16.0. The second-order valence-electron chi connectivity index (χ2n) is 5.65. The maximum absolute atomic E-state index is 12.9. The number of anilines is 1. The van der Waals surface area contributed by atoms with Crippen LogP contribution in [0, 0.1) is 5.82 Å². The van der Waals surface area contributed by atoms with Crippen molar-refractivity contribution in [3.05, 3.63) is 40.1 Å². The van der Waals surface area contributed by atoms with E-state index < -0.39 is 0 Å². The Hall–Kier alpha value is -1.86. The topological polar surface area (TPSA) is 58.1 Å². The first-order valence-electron chi connectivity index (χ1n) is 7.82. The highest BCUT2D eigenvalue weighted by Gasteiger charge is 2.16. The summed E-state index contributed by atoms with van der Waals surface area (Å²) in [5.74, 6) is -0.644.